The predicted octanol–water partition coefficient (Wildman–Crippen LogP) is 2.29. The van der Waals surface area contributed by atoms with Crippen LogP contribution in [0.4, 0.5) is 5.95 Å². The molecule has 1 saturated heterocycles. The molecule has 1 aliphatic rings. The van der Waals surface area contributed by atoms with E-state index in [-0.39, 0.29) is 19.1 Å². The van der Waals surface area contributed by atoms with Crippen LogP contribution in [-0.2, 0) is 13.1 Å². The van der Waals surface area contributed by atoms with Crippen LogP contribution in [0.25, 0.3) is 27.9 Å². The zero-order valence-corrected chi connectivity index (χ0v) is 21.6. The second-order valence-electron chi connectivity index (χ2n) is 9.67. The Morgan fingerprint density at radius 3 is 2.59 bits per heavy atom. The van der Waals surface area contributed by atoms with E-state index in [1.165, 1.54) is 9.13 Å². The van der Waals surface area contributed by atoms with Gasteiger partial charge in [0.15, 0.2) is 11.2 Å². The van der Waals surface area contributed by atoms with Gasteiger partial charge in [-0.05, 0) is 49.6 Å². The van der Waals surface area contributed by atoms with Crippen LogP contribution in [0.2, 0.25) is 0 Å². The summed E-state index contributed by atoms with van der Waals surface area (Å²) in [5.74, 6) is 6.61. The maximum Gasteiger partial charge on any atom is 0.337 e. The maximum absolute atomic E-state index is 14.1. The Labute approximate surface area is 224 Å². The van der Waals surface area contributed by atoms with Crippen LogP contribution in [0.5, 0.6) is 0 Å². The van der Waals surface area contributed by atoms with Gasteiger partial charge in [0.25, 0.3) is 5.56 Å². The summed E-state index contributed by atoms with van der Waals surface area (Å²) < 4.78 is 4.60. The van der Waals surface area contributed by atoms with E-state index in [1.54, 1.807) is 19.3 Å². The van der Waals surface area contributed by atoms with Gasteiger partial charge in [-0.3, -0.25) is 23.9 Å². The Morgan fingerprint density at radius 1 is 1.03 bits per heavy atom. The molecule has 10 heteroatoms. The number of anilines is 1. The molecule has 10 nitrogen and oxygen atoms in total. The zero-order valence-electron chi connectivity index (χ0n) is 21.6. The van der Waals surface area contributed by atoms with Crippen molar-refractivity contribution in [3.8, 4) is 17.5 Å². The summed E-state index contributed by atoms with van der Waals surface area (Å²) in [7, 11) is 0. The Bertz CT molecular complexity index is 1860. The predicted molar refractivity (Wildman–Crippen MR) is 151 cm³/mol. The Hall–Kier alpha value is -4.75. The molecule has 0 amide bonds. The van der Waals surface area contributed by atoms with Crippen molar-refractivity contribution >= 4 is 28.1 Å². The Balaban J connectivity index is 1.62. The number of fused-ring (bicyclic) bond motifs is 2. The normalized spacial score (nSPS) is 15.4. The molecule has 6 rings (SSSR count). The molecule has 3 aromatic heterocycles. The first-order chi connectivity index (χ1) is 19.0. The third-order valence-electron chi connectivity index (χ3n) is 7.05. The fraction of sp³-hybridized carbons (Fsp3) is 0.276. The molecule has 0 saturated carbocycles. The van der Waals surface area contributed by atoms with Crippen LogP contribution in [0.1, 0.15) is 25.3 Å². The maximum atomic E-state index is 14.1. The number of aromatic nitrogens is 6. The van der Waals surface area contributed by atoms with E-state index < -0.39 is 11.2 Å². The smallest absolute Gasteiger partial charge is 0.337 e. The minimum Gasteiger partial charge on any atom is -0.341 e. The number of piperidine rings is 1. The zero-order chi connectivity index (χ0) is 26.9. The van der Waals surface area contributed by atoms with E-state index in [9.17, 15) is 9.59 Å². The van der Waals surface area contributed by atoms with Crippen molar-refractivity contribution in [2.75, 3.05) is 18.0 Å². The summed E-state index contributed by atoms with van der Waals surface area (Å²) in [5, 5.41) is 0. The van der Waals surface area contributed by atoms with Gasteiger partial charge in [-0.15, -0.1) is 5.92 Å². The van der Waals surface area contributed by atoms with Crippen LogP contribution in [0.15, 0.2) is 70.5 Å². The van der Waals surface area contributed by atoms with Gasteiger partial charge in [0, 0.05) is 31.5 Å². The first kappa shape index (κ1) is 24.6. The lowest BCUT2D eigenvalue weighted by Gasteiger charge is -2.31. The minimum atomic E-state index is -0.467. The van der Waals surface area contributed by atoms with Crippen LogP contribution in [0.3, 0.4) is 0 Å². The lowest BCUT2D eigenvalue weighted by atomic mass is 10.1. The molecule has 1 fully saturated rings. The number of para-hydroxylation sites is 1. The lowest BCUT2D eigenvalue weighted by molar-refractivity contribution is 0.496. The monoisotopic (exact) mass is 520 g/mol. The highest BCUT2D eigenvalue weighted by Gasteiger charge is 2.27. The van der Waals surface area contributed by atoms with Crippen molar-refractivity contribution in [3.63, 3.8) is 0 Å². The minimum absolute atomic E-state index is 0.00764. The van der Waals surface area contributed by atoms with Crippen molar-refractivity contribution in [1.82, 2.24) is 28.7 Å². The van der Waals surface area contributed by atoms with Crippen LogP contribution in [0, 0.1) is 11.8 Å². The second kappa shape index (κ2) is 10.2. The number of imidazole rings is 1. The van der Waals surface area contributed by atoms with Crippen LogP contribution < -0.4 is 21.9 Å². The summed E-state index contributed by atoms with van der Waals surface area (Å²) in [6, 6.07) is 14.8. The molecule has 0 spiro atoms. The Kier molecular flexibility index (Phi) is 6.42. The average Bonchev–Trinajstić information content (AvgIpc) is 3.34. The molecule has 0 radical (unpaired) electrons. The molecule has 4 heterocycles. The third kappa shape index (κ3) is 4.47. The first-order valence-corrected chi connectivity index (χ1v) is 13.0. The number of rotatable bonds is 5. The number of benzene rings is 2. The van der Waals surface area contributed by atoms with Gasteiger partial charge in [0.2, 0.25) is 5.95 Å². The topological polar surface area (TPSA) is 117 Å². The fourth-order valence-electron chi connectivity index (χ4n) is 5.20. The standard InChI is InChI=1S/C29H28N8O2/c1-2-3-16-35-25-26(33-28(35)34-15-7-8-21(30)19-34)37(22-9-5-4-6-10-22)29(39)36(27(25)38)18-20-11-12-23-24(17-20)32-14-13-31-23/h4-6,9-14,17,21H,7-8,15-16,18-19,30H2,1H3/t21-/m1/s1. The summed E-state index contributed by atoms with van der Waals surface area (Å²) in [6.07, 6.45) is 5.10. The van der Waals surface area contributed by atoms with E-state index in [1.807, 2.05) is 53.1 Å². The highest BCUT2D eigenvalue weighted by atomic mass is 16.2. The van der Waals surface area contributed by atoms with Crippen molar-refractivity contribution in [2.24, 2.45) is 5.73 Å². The summed E-state index contributed by atoms with van der Waals surface area (Å²) in [5.41, 5.74) is 8.88. The largest absolute Gasteiger partial charge is 0.341 e. The van der Waals surface area contributed by atoms with E-state index in [4.69, 9.17) is 10.7 Å². The van der Waals surface area contributed by atoms with Crippen molar-refractivity contribution in [1.29, 1.82) is 0 Å². The molecular weight excluding hydrogens is 492 g/mol. The molecule has 1 aliphatic heterocycles. The lowest BCUT2D eigenvalue weighted by Crippen LogP contribution is -2.44. The van der Waals surface area contributed by atoms with E-state index >= 15 is 0 Å². The highest BCUT2D eigenvalue weighted by molar-refractivity contribution is 5.77. The second-order valence-corrected chi connectivity index (χ2v) is 9.67. The molecule has 1 atom stereocenters. The van der Waals surface area contributed by atoms with Gasteiger partial charge in [0.05, 0.1) is 29.8 Å². The molecule has 2 aromatic carbocycles. The molecule has 0 unspecified atom stereocenters. The number of hydrogen-bond donors (Lipinski definition) is 1. The van der Waals surface area contributed by atoms with Gasteiger partial charge >= 0.3 is 5.69 Å². The number of nitrogens with zero attached hydrogens (tertiary/aromatic N) is 7. The highest BCUT2D eigenvalue weighted by Crippen LogP contribution is 2.24. The van der Waals surface area contributed by atoms with Gasteiger partial charge in [-0.2, -0.15) is 4.98 Å². The van der Waals surface area contributed by atoms with Crippen molar-refractivity contribution in [3.05, 3.63) is 87.3 Å². The third-order valence-corrected chi connectivity index (χ3v) is 7.05. The first-order valence-electron chi connectivity index (χ1n) is 13.0. The molecule has 0 aliphatic carbocycles. The van der Waals surface area contributed by atoms with Crippen molar-refractivity contribution < 1.29 is 0 Å². The average molecular weight is 521 g/mol. The van der Waals surface area contributed by atoms with E-state index in [2.05, 4.69) is 26.7 Å². The Morgan fingerprint density at radius 2 is 1.82 bits per heavy atom. The van der Waals surface area contributed by atoms with Crippen LogP contribution >= 0.6 is 0 Å². The van der Waals surface area contributed by atoms with E-state index in [0.29, 0.717) is 34.9 Å². The summed E-state index contributed by atoms with van der Waals surface area (Å²) in [4.78, 5) is 43.8. The summed E-state index contributed by atoms with van der Waals surface area (Å²) in [6.45, 7) is 3.48. The van der Waals surface area contributed by atoms with E-state index in [0.717, 1.165) is 30.5 Å². The van der Waals surface area contributed by atoms with Gasteiger partial charge in [-0.25, -0.2) is 9.36 Å². The number of hydrogen-bond acceptors (Lipinski definition) is 7. The molecule has 5 aromatic rings. The van der Waals surface area contributed by atoms with Gasteiger partial charge in [0.1, 0.15) is 0 Å². The molecular formula is C29H28N8O2. The van der Waals surface area contributed by atoms with Crippen molar-refractivity contribution in [2.45, 2.75) is 38.9 Å². The van der Waals surface area contributed by atoms with Crippen LogP contribution in [-0.4, -0.2) is 47.8 Å². The fourth-order valence-corrected chi connectivity index (χ4v) is 5.20. The number of nitrogens with two attached hydrogens (primary N) is 1. The SMILES string of the molecule is CC#CCn1c(N2CCC[C@@H](N)C2)nc2c1c(=O)n(Cc1ccc3nccnc3c1)c(=O)n2-c1ccccc1. The summed E-state index contributed by atoms with van der Waals surface area (Å²) >= 11 is 0. The quantitative estimate of drug-likeness (QED) is 0.354. The molecule has 0 bridgehead atoms. The molecule has 39 heavy (non-hydrogen) atoms. The van der Waals surface area contributed by atoms with Gasteiger partial charge in [-0.1, -0.05) is 30.2 Å². The van der Waals surface area contributed by atoms with Gasteiger partial charge < -0.3 is 10.6 Å². The molecule has 2 N–H and O–H groups in total. The molecule has 196 valence electrons.